The van der Waals surface area contributed by atoms with E-state index in [0.29, 0.717) is 27.0 Å². The second-order valence-electron chi connectivity index (χ2n) is 3.88. The summed E-state index contributed by atoms with van der Waals surface area (Å²) in [5.41, 5.74) is 7.93. The van der Waals surface area contributed by atoms with E-state index in [4.69, 9.17) is 11.0 Å². The predicted molar refractivity (Wildman–Crippen MR) is 77.7 cm³/mol. The molecule has 2 aromatic carbocycles. The first-order valence-corrected chi connectivity index (χ1v) is 6.26. The lowest BCUT2D eigenvalue weighted by molar-refractivity contribution is 0.102. The fourth-order valence-corrected chi connectivity index (χ4v) is 1.88. The van der Waals surface area contributed by atoms with Crippen LogP contribution < -0.4 is 11.1 Å². The third-order valence-electron chi connectivity index (χ3n) is 2.53. The van der Waals surface area contributed by atoms with Gasteiger partial charge in [-0.1, -0.05) is 0 Å². The summed E-state index contributed by atoms with van der Waals surface area (Å²) >= 11 is 3.28. The molecule has 2 rings (SSSR count). The van der Waals surface area contributed by atoms with Crippen molar-refractivity contribution >= 4 is 33.2 Å². The van der Waals surface area contributed by atoms with Gasteiger partial charge >= 0.3 is 0 Å². The number of hydrogen-bond acceptors (Lipinski definition) is 3. The molecule has 0 saturated heterocycles. The molecule has 0 saturated carbocycles. The van der Waals surface area contributed by atoms with E-state index in [-0.39, 0.29) is 5.91 Å². The molecule has 19 heavy (non-hydrogen) atoms. The predicted octanol–water partition coefficient (Wildman–Crippen LogP) is 3.16. The molecule has 0 aliphatic heterocycles. The third-order valence-corrected chi connectivity index (χ3v) is 3.22. The normalized spacial score (nSPS) is 9.68. The highest BCUT2D eigenvalue weighted by molar-refractivity contribution is 9.10. The van der Waals surface area contributed by atoms with E-state index in [1.165, 1.54) is 0 Å². The first-order valence-electron chi connectivity index (χ1n) is 5.46. The number of nitrogens with two attached hydrogens (primary N) is 1. The average molecular weight is 316 g/mol. The van der Waals surface area contributed by atoms with Crippen LogP contribution in [0.15, 0.2) is 46.9 Å². The lowest BCUT2D eigenvalue weighted by Crippen LogP contribution is -2.12. The second kappa shape index (κ2) is 5.55. The number of halogens is 1. The van der Waals surface area contributed by atoms with E-state index >= 15 is 0 Å². The van der Waals surface area contributed by atoms with E-state index in [0.717, 1.165) is 0 Å². The highest BCUT2D eigenvalue weighted by Gasteiger charge is 2.07. The standard InChI is InChI=1S/C14H10BrN3O/c15-12-7-10(3-6-13(12)17)14(19)18-11-4-1-9(8-16)2-5-11/h1-7H,17H2,(H,18,19). The van der Waals surface area contributed by atoms with Crippen molar-refractivity contribution in [1.82, 2.24) is 0 Å². The maximum absolute atomic E-state index is 12.0. The van der Waals surface area contributed by atoms with Gasteiger partial charge < -0.3 is 11.1 Å². The van der Waals surface area contributed by atoms with E-state index in [9.17, 15) is 4.79 Å². The molecule has 4 nitrogen and oxygen atoms in total. The first kappa shape index (κ1) is 13.1. The molecule has 94 valence electrons. The number of nitriles is 1. The van der Waals surface area contributed by atoms with Crippen molar-refractivity contribution in [3.8, 4) is 6.07 Å². The van der Waals surface area contributed by atoms with Crippen LogP contribution in [0, 0.1) is 11.3 Å². The Kier molecular flexibility index (Phi) is 3.83. The number of carbonyl (C=O) groups is 1. The molecule has 0 bridgehead atoms. The average Bonchev–Trinajstić information content (AvgIpc) is 2.42. The van der Waals surface area contributed by atoms with Crippen molar-refractivity contribution in [1.29, 1.82) is 5.26 Å². The van der Waals surface area contributed by atoms with Crippen molar-refractivity contribution in [2.24, 2.45) is 0 Å². The van der Waals surface area contributed by atoms with Crippen LogP contribution in [0.5, 0.6) is 0 Å². The molecule has 0 atom stereocenters. The summed E-state index contributed by atoms with van der Waals surface area (Å²) in [6.45, 7) is 0. The summed E-state index contributed by atoms with van der Waals surface area (Å²) in [5.74, 6) is -0.231. The fraction of sp³-hybridized carbons (Fsp3) is 0. The molecule has 0 fully saturated rings. The van der Waals surface area contributed by atoms with Gasteiger partial charge in [-0.15, -0.1) is 0 Å². The van der Waals surface area contributed by atoms with Crippen LogP contribution >= 0.6 is 15.9 Å². The van der Waals surface area contributed by atoms with E-state index in [1.54, 1.807) is 42.5 Å². The largest absolute Gasteiger partial charge is 0.398 e. The van der Waals surface area contributed by atoms with Crippen molar-refractivity contribution in [3.63, 3.8) is 0 Å². The minimum absolute atomic E-state index is 0.231. The summed E-state index contributed by atoms with van der Waals surface area (Å²) in [7, 11) is 0. The summed E-state index contributed by atoms with van der Waals surface area (Å²) in [5, 5.41) is 11.4. The number of nitrogens with zero attached hydrogens (tertiary/aromatic N) is 1. The molecule has 0 radical (unpaired) electrons. The van der Waals surface area contributed by atoms with Gasteiger partial charge in [0.15, 0.2) is 0 Å². The Balaban J connectivity index is 2.16. The summed E-state index contributed by atoms with van der Waals surface area (Å²) in [4.78, 5) is 12.0. The van der Waals surface area contributed by atoms with Crippen LogP contribution in [0.1, 0.15) is 15.9 Å². The van der Waals surface area contributed by atoms with Gasteiger partial charge in [0, 0.05) is 21.4 Å². The number of rotatable bonds is 2. The number of amides is 1. The van der Waals surface area contributed by atoms with Gasteiger partial charge in [-0.3, -0.25) is 4.79 Å². The van der Waals surface area contributed by atoms with Gasteiger partial charge in [-0.2, -0.15) is 5.26 Å². The number of hydrogen-bond donors (Lipinski definition) is 2. The number of nitrogen functional groups attached to an aromatic ring is 1. The van der Waals surface area contributed by atoms with Crippen molar-refractivity contribution in [2.75, 3.05) is 11.1 Å². The van der Waals surface area contributed by atoms with Crippen LogP contribution in [0.4, 0.5) is 11.4 Å². The van der Waals surface area contributed by atoms with Crippen LogP contribution in [-0.4, -0.2) is 5.91 Å². The van der Waals surface area contributed by atoms with Crippen LogP contribution in [0.25, 0.3) is 0 Å². The van der Waals surface area contributed by atoms with Crippen molar-refractivity contribution < 1.29 is 4.79 Å². The zero-order chi connectivity index (χ0) is 13.8. The number of nitrogens with one attached hydrogen (secondary N) is 1. The Labute approximate surface area is 119 Å². The lowest BCUT2D eigenvalue weighted by atomic mass is 10.2. The van der Waals surface area contributed by atoms with E-state index < -0.39 is 0 Å². The Morgan fingerprint density at radius 3 is 2.47 bits per heavy atom. The molecule has 0 aliphatic carbocycles. The topological polar surface area (TPSA) is 78.9 Å². The summed E-state index contributed by atoms with van der Waals surface area (Å²) in [6, 6.07) is 13.7. The van der Waals surface area contributed by atoms with E-state index in [1.807, 2.05) is 6.07 Å². The first-order chi connectivity index (χ1) is 9.10. The van der Waals surface area contributed by atoms with Gasteiger partial charge in [0.25, 0.3) is 5.91 Å². The highest BCUT2D eigenvalue weighted by Crippen LogP contribution is 2.21. The lowest BCUT2D eigenvalue weighted by Gasteiger charge is -2.06. The Morgan fingerprint density at radius 2 is 1.89 bits per heavy atom. The van der Waals surface area contributed by atoms with Crippen LogP contribution in [-0.2, 0) is 0 Å². The molecular formula is C14H10BrN3O. The van der Waals surface area contributed by atoms with Gasteiger partial charge in [0.2, 0.25) is 0 Å². The Morgan fingerprint density at radius 1 is 1.21 bits per heavy atom. The molecule has 0 spiro atoms. The minimum Gasteiger partial charge on any atom is -0.398 e. The summed E-state index contributed by atoms with van der Waals surface area (Å²) in [6.07, 6.45) is 0. The quantitative estimate of drug-likeness (QED) is 0.835. The van der Waals surface area contributed by atoms with Gasteiger partial charge in [0.1, 0.15) is 0 Å². The van der Waals surface area contributed by atoms with Crippen LogP contribution in [0.3, 0.4) is 0 Å². The molecule has 1 amide bonds. The number of benzene rings is 2. The fourth-order valence-electron chi connectivity index (χ4n) is 1.50. The number of anilines is 2. The maximum Gasteiger partial charge on any atom is 0.255 e. The zero-order valence-corrected chi connectivity index (χ0v) is 11.4. The molecule has 2 aromatic rings. The molecule has 5 heteroatoms. The monoisotopic (exact) mass is 315 g/mol. The van der Waals surface area contributed by atoms with Crippen molar-refractivity contribution in [3.05, 3.63) is 58.1 Å². The molecule has 3 N–H and O–H groups in total. The molecule has 0 aromatic heterocycles. The third kappa shape index (κ3) is 3.12. The Bertz CT molecular complexity index is 659. The molecular weight excluding hydrogens is 306 g/mol. The molecule has 0 aliphatic rings. The maximum atomic E-state index is 12.0. The van der Waals surface area contributed by atoms with E-state index in [2.05, 4.69) is 21.2 Å². The highest BCUT2D eigenvalue weighted by atomic mass is 79.9. The molecule has 0 unspecified atom stereocenters. The van der Waals surface area contributed by atoms with Gasteiger partial charge in [0.05, 0.1) is 11.6 Å². The molecule has 0 heterocycles. The van der Waals surface area contributed by atoms with Crippen molar-refractivity contribution in [2.45, 2.75) is 0 Å². The number of carbonyl (C=O) groups excluding carboxylic acids is 1. The van der Waals surface area contributed by atoms with Gasteiger partial charge in [-0.25, -0.2) is 0 Å². The van der Waals surface area contributed by atoms with Crippen LogP contribution in [0.2, 0.25) is 0 Å². The second-order valence-corrected chi connectivity index (χ2v) is 4.73. The summed E-state index contributed by atoms with van der Waals surface area (Å²) < 4.78 is 0.681. The SMILES string of the molecule is N#Cc1ccc(NC(=O)c2ccc(N)c(Br)c2)cc1. The van der Waals surface area contributed by atoms with Gasteiger partial charge in [-0.05, 0) is 58.4 Å². The zero-order valence-electron chi connectivity index (χ0n) is 9.85. The Hall–Kier alpha value is -2.32. The smallest absolute Gasteiger partial charge is 0.255 e. The minimum atomic E-state index is -0.231.